The molecule has 4 rings (SSSR count). The smallest absolute Gasteiger partial charge is 0.407 e. The van der Waals surface area contributed by atoms with E-state index >= 15 is 0 Å². The lowest BCUT2D eigenvalue weighted by molar-refractivity contribution is -0.279. The number of hydrogen-bond acceptors (Lipinski definition) is 41. The standard InChI is InChI=1S/C88H138N8O41/c1-55(97)93-75-81(132-64(10)106)78(129-61(7)103)68(49-125-58(4)100)135-84(75)122-33-21-15-20-32-114-37-29-89-71(109)25-34-119-52-88(96-74(112)24-18-14-19-28-92-87(113)128-48-67-22-16-13-17-23-67,53-120-35-26-72(110)90-30-38-115-40-42-117-44-46-123-85-76(94-56(2)98)82(133-65(11)107)79(130-62(8)104)69(136-85)50-126-59(5)101)54-121-36-27-73(111)91-31-39-116-41-43-118-45-47-124-86-77(95-57(3)99)83(134-66(12)108)80(131-63(9)105)70(137-86)51-127-60(6)102/h13,16-17,22-23,68-70,75-86H,14-15,18-21,24-54H2,1-12H3,(H,89,109)(H,90,110)(H,91,111)(H,92,113)(H,93,97)(H,94,98)(H,95,99)(H,96,112). The molecule has 0 spiro atoms. The van der Waals surface area contributed by atoms with Gasteiger partial charge in [-0.2, -0.15) is 0 Å². The van der Waals surface area contributed by atoms with Gasteiger partial charge in [0.25, 0.3) is 0 Å². The zero-order valence-electron chi connectivity index (χ0n) is 79.9. The summed E-state index contributed by atoms with van der Waals surface area (Å²) in [5, 5.41) is 21.8. The number of amides is 8. The number of unbranched alkanes of at least 4 members (excludes halogenated alkanes) is 4. The van der Waals surface area contributed by atoms with Crippen LogP contribution in [0.2, 0.25) is 0 Å². The van der Waals surface area contributed by atoms with Crippen molar-refractivity contribution in [3.63, 3.8) is 0 Å². The highest BCUT2D eigenvalue weighted by atomic mass is 16.7. The van der Waals surface area contributed by atoms with Gasteiger partial charge in [0.05, 0.1) is 112 Å². The van der Waals surface area contributed by atoms with E-state index in [0.29, 0.717) is 45.1 Å². The van der Waals surface area contributed by atoms with Crippen LogP contribution in [0.5, 0.6) is 0 Å². The predicted octanol–water partition coefficient (Wildman–Crippen LogP) is -0.832. The topological polar surface area (TPSA) is 608 Å². The van der Waals surface area contributed by atoms with Crippen molar-refractivity contribution in [2.24, 2.45) is 0 Å². The molecule has 49 heteroatoms. The van der Waals surface area contributed by atoms with Gasteiger partial charge in [-0.15, -0.1) is 0 Å². The zero-order valence-corrected chi connectivity index (χ0v) is 79.9. The summed E-state index contributed by atoms with van der Waals surface area (Å²) in [6, 6.07) is 5.62. The Morgan fingerprint density at radius 2 is 0.613 bits per heavy atom. The maximum Gasteiger partial charge on any atom is 0.407 e. The van der Waals surface area contributed by atoms with Crippen LogP contribution in [0.15, 0.2) is 30.3 Å². The fourth-order valence-electron chi connectivity index (χ4n) is 13.7. The van der Waals surface area contributed by atoms with Gasteiger partial charge in [-0.1, -0.05) is 36.8 Å². The van der Waals surface area contributed by atoms with Crippen molar-refractivity contribution >= 4 is 101 Å². The number of esters is 9. The summed E-state index contributed by atoms with van der Waals surface area (Å²) in [6.07, 6.45) is -13.3. The van der Waals surface area contributed by atoms with Crippen LogP contribution in [-0.2, 0) is 197 Å². The lowest BCUT2D eigenvalue weighted by Crippen LogP contribution is -2.66. The molecule has 3 saturated heterocycles. The summed E-state index contributed by atoms with van der Waals surface area (Å²) in [6.45, 7) is 12.3. The van der Waals surface area contributed by atoms with E-state index in [4.69, 9.17) is 114 Å². The molecule has 8 N–H and O–H groups in total. The molecule has 0 aromatic heterocycles. The molecule has 0 radical (unpaired) electrons. The van der Waals surface area contributed by atoms with Crippen molar-refractivity contribution < 1.29 is 195 Å². The number of rotatable bonds is 69. The lowest BCUT2D eigenvalue weighted by Gasteiger charge is -2.44. The van der Waals surface area contributed by atoms with E-state index in [1.165, 1.54) is 27.7 Å². The van der Waals surface area contributed by atoms with Gasteiger partial charge in [0.15, 0.2) is 55.5 Å². The van der Waals surface area contributed by atoms with E-state index in [2.05, 4.69) is 42.5 Å². The van der Waals surface area contributed by atoms with Crippen molar-refractivity contribution in [3.8, 4) is 0 Å². The monoisotopic (exact) mass is 1960 g/mol. The molecule has 0 saturated carbocycles. The Labute approximate surface area is 794 Å². The van der Waals surface area contributed by atoms with Gasteiger partial charge < -0.3 is 156 Å². The van der Waals surface area contributed by atoms with Gasteiger partial charge in [-0.25, -0.2) is 4.79 Å². The van der Waals surface area contributed by atoms with Crippen molar-refractivity contribution in [2.75, 3.05) is 172 Å². The minimum Gasteiger partial charge on any atom is -0.463 e. The summed E-state index contributed by atoms with van der Waals surface area (Å²) < 4.78 is 136. The maximum atomic E-state index is 14.1. The third-order valence-corrected chi connectivity index (χ3v) is 19.4. The second-order valence-electron chi connectivity index (χ2n) is 31.5. The Bertz CT molecular complexity index is 3550. The molecule has 1 aromatic carbocycles. The van der Waals surface area contributed by atoms with E-state index in [9.17, 15) is 81.5 Å². The van der Waals surface area contributed by atoms with E-state index in [1.807, 2.05) is 30.3 Å². The molecule has 3 aliphatic rings. The van der Waals surface area contributed by atoms with Gasteiger partial charge in [-0.3, -0.25) is 76.7 Å². The van der Waals surface area contributed by atoms with Crippen LogP contribution >= 0.6 is 0 Å². The van der Waals surface area contributed by atoms with Gasteiger partial charge in [-0.05, 0) is 37.7 Å². The van der Waals surface area contributed by atoms with Crippen molar-refractivity contribution in [3.05, 3.63) is 35.9 Å². The van der Waals surface area contributed by atoms with Gasteiger partial charge in [0, 0.05) is 148 Å². The van der Waals surface area contributed by atoms with Crippen LogP contribution in [-0.4, -0.2) is 370 Å². The molecule has 3 heterocycles. The van der Waals surface area contributed by atoms with Crippen LogP contribution in [0.25, 0.3) is 0 Å². The van der Waals surface area contributed by atoms with E-state index in [-0.39, 0.29) is 177 Å². The molecular formula is C88H138N8O41. The van der Waals surface area contributed by atoms with Crippen molar-refractivity contribution in [1.82, 2.24) is 42.5 Å². The number of ether oxygens (including phenoxy) is 24. The first-order chi connectivity index (χ1) is 65.4. The van der Waals surface area contributed by atoms with Crippen LogP contribution < -0.4 is 42.5 Å². The summed E-state index contributed by atoms with van der Waals surface area (Å²) in [7, 11) is 0. The van der Waals surface area contributed by atoms with Crippen molar-refractivity contribution in [1.29, 1.82) is 0 Å². The average molecular weight is 1960 g/mol. The summed E-state index contributed by atoms with van der Waals surface area (Å²) in [5.74, 6) is -9.99. The molecule has 0 aliphatic carbocycles. The minimum absolute atomic E-state index is 0.0154. The second-order valence-corrected chi connectivity index (χ2v) is 31.5. The third-order valence-electron chi connectivity index (χ3n) is 19.4. The first-order valence-corrected chi connectivity index (χ1v) is 45.2. The molecule has 49 nitrogen and oxygen atoms in total. The van der Waals surface area contributed by atoms with Gasteiger partial charge >= 0.3 is 59.8 Å². The normalized spacial score (nSPS) is 21.5. The SMILES string of the molecule is CC(=O)NC1C(OCCCCCOCCNC(=O)CCOCC(COCCC(=O)NCCOCCOCCOC2OC(COC(C)=O)C(OC(C)=O)C(OC(C)=O)C2NC(C)=O)(COCCC(=O)NCCOCCOCCOC2OC(COC(C)=O)C(OC(C)=O)C(OC(C)=O)C2NC(C)=O)NC(=O)CCCCCNC(=O)OCc2ccccc2)OC(COC(C)=O)C(OC(C)=O)C1OC(C)=O. The predicted molar refractivity (Wildman–Crippen MR) is 467 cm³/mol. The van der Waals surface area contributed by atoms with Gasteiger partial charge in [0.2, 0.25) is 41.4 Å². The summed E-state index contributed by atoms with van der Waals surface area (Å²) in [4.78, 5) is 212. The number of carbonyl (C=O) groups is 17. The van der Waals surface area contributed by atoms with Crippen molar-refractivity contribution in [2.45, 2.75) is 251 Å². The summed E-state index contributed by atoms with van der Waals surface area (Å²) >= 11 is 0. The van der Waals surface area contributed by atoms with Crippen LogP contribution in [0.1, 0.15) is 153 Å². The molecule has 8 amide bonds. The molecule has 1 aromatic rings. The zero-order chi connectivity index (χ0) is 101. The number of hydrogen-bond donors (Lipinski definition) is 8. The highest BCUT2D eigenvalue weighted by Crippen LogP contribution is 2.32. The fourth-order valence-corrected chi connectivity index (χ4v) is 13.7. The van der Waals surface area contributed by atoms with Crippen LogP contribution in [0, 0.1) is 0 Å². The molecule has 0 bridgehead atoms. The number of carbonyl (C=O) groups excluding carboxylic acids is 17. The molecule has 3 fully saturated rings. The Morgan fingerprint density at radius 3 is 0.964 bits per heavy atom. The van der Waals surface area contributed by atoms with Gasteiger partial charge in [0.1, 0.15) is 68.4 Å². The molecule has 776 valence electrons. The molecule has 3 aliphatic heterocycles. The van der Waals surface area contributed by atoms with E-state index < -0.39 is 218 Å². The molecule has 15 unspecified atom stereocenters. The number of nitrogens with one attached hydrogen (secondary N) is 8. The third kappa shape index (κ3) is 52.7. The van der Waals surface area contributed by atoms with E-state index in [0.717, 1.165) is 61.0 Å². The highest BCUT2D eigenvalue weighted by Gasteiger charge is 2.55. The molecule has 137 heavy (non-hydrogen) atoms. The Hall–Kier alpha value is -10.6. The van der Waals surface area contributed by atoms with Crippen LogP contribution in [0.4, 0.5) is 4.79 Å². The first kappa shape index (κ1) is 119. The lowest BCUT2D eigenvalue weighted by atomic mass is 9.96. The number of alkyl carbamates (subject to hydrolysis) is 1. The largest absolute Gasteiger partial charge is 0.463 e. The Morgan fingerprint density at radius 1 is 0.292 bits per heavy atom. The minimum atomic E-state index is -1.51. The number of benzene rings is 1. The summed E-state index contributed by atoms with van der Waals surface area (Å²) in [5.41, 5.74) is -0.704. The molecule has 15 atom stereocenters. The second kappa shape index (κ2) is 68.5. The quantitative estimate of drug-likeness (QED) is 0.0224. The Balaban J connectivity index is 1.37. The van der Waals surface area contributed by atoms with Crippen LogP contribution in [0.3, 0.4) is 0 Å². The average Bonchev–Trinajstić information content (AvgIpc) is 0.793. The first-order valence-electron chi connectivity index (χ1n) is 45.2. The fraction of sp³-hybridized carbons (Fsp3) is 0.739. The maximum absolute atomic E-state index is 14.1. The highest BCUT2D eigenvalue weighted by molar-refractivity contribution is 5.79. The molecular weight excluding hydrogens is 1820 g/mol. The van der Waals surface area contributed by atoms with E-state index in [1.54, 1.807) is 0 Å². The Kier molecular flexibility index (Phi) is 59.4.